The van der Waals surface area contributed by atoms with Gasteiger partial charge in [0.2, 0.25) is 5.91 Å². The Hall–Kier alpha value is -0.690. The Morgan fingerprint density at radius 2 is 1.52 bits per heavy atom. The van der Waals surface area contributed by atoms with Crippen LogP contribution < -0.4 is 5.32 Å². The van der Waals surface area contributed by atoms with Crippen molar-refractivity contribution in [1.82, 2.24) is 5.32 Å². The molecular weight excluding hydrogens is 298 g/mol. The Morgan fingerprint density at radius 1 is 1.00 bits per heavy atom. The van der Waals surface area contributed by atoms with Gasteiger partial charge in [0, 0.05) is 13.0 Å². The van der Waals surface area contributed by atoms with Crippen LogP contribution in [0.15, 0.2) is 0 Å². The average molecular weight is 333 g/mol. The molecule has 1 amide bonds. The maximum absolute atomic E-state index is 11.7. The molecule has 0 aliphatic rings. The molecule has 0 atom stereocenters. The summed E-state index contributed by atoms with van der Waals surface area (Å²) in [7, 11) is 0. The molecule has 0 rings (SSSR count). The zero-order valence-electron chi connectivity index (χ0n) is 15.2. The third kappa shape index (κ3) is 13.4. The molecule has 0 unspecified atom stereocenters. The Kier molecular flexibility index (Phi) is 13.3. The largest absolute Gasteiger partial charge is 0.394 e. The van der Waals surface area contributed by atoms with Crippen molar-refractivity contribution in [3.8, 4) is 0 Å². The van der Waals surface area contributed by atoms with Crippen molar-refractivity contribution in [3.05, 3.63) is 0 Å². The third-order valence-corrected chi connectivity index (χ3v) is 4.11. The van der Waals surface area contributed by atoms with Crippen LogP contribution in [-0.4, -0.2) is 63.8 Å². The molecule has 6 heteroatoms. The highest BCUT2D eigenvalue weighted by atomic mass is 16.5. The summed E-state index contributed by atoms with van der Waals surface area (Å²) in [6.45, 7) is 12.1. The highest BCUT2D eigenvalue weighted by Crippen LogP contribution is 2.31. The Bertz CT molecular complexity index is 295. The lowest BCUT2D eigenvalue weighted by molar-refractivity contribution is -0.122. The van der Waals surface area contributed by atoms with Crippen molar-refractivity contribution in [1.29, 1.82) is 0 Å². The molecule has 0 bridgehead atoms. The number of hydrogen-bond donors (Lipinski definition) is 2. The number of hydrogen-bond acceptors (Lipinski definition) is 5. The van der Waals surface area contributed by atoms with Gasteiger partial charge >= 0.3 is 0 Å². The Morgan fingerprint density at radius 3 is 2.04 bits per heavy atom. The summed E-state index contributed by atoms with van der Waals surface area (Å²) >= 11 is 0. The SMILES string of the molecule is CC(C)C(C)(C)CCC(=O)NCCOCCOCCOCCO. The number of ether oxygens (including phenoxy) is 3. The third-order valence-electron chi connectivity index (χ3n) is 4.11. The van der Waals surface area contributed by atoms with Gasteiger partial charge in [-0.15, -0.1) is 0 Å². The summed E-state index contributed by atoms with van der Waals surface area (Å²) in [6.07, 6.45) is 1.45. The van der Waals surface area contributed by atoms with Crippen molar-refractivity contribution in [2.75, 3.05) is 52.8 Å². The molecule has 0 aliphatic carbocycles. The minimum absolute atomic E-state index is 0.0315. The topological polar surface area (TPSA) is 77.0 Å². The molecular formula is C17H35NO5. The normalized spacial score (nSPS) is 11.9. The fourth-order valence-electron chi connectivity index (χ4n) is 1.68. The molecule has 0 aliphatic heterocycles. The molecule has 0 aromatic heterocycles. The van der Waals surface area contributed by atoms with E-state index in [4.69, 9.17) is 19.3 Å². The molecule has 0 aromatic rings. The van der Waals surface area contributed by atoms with Gasteiger partial charge in [-0.1, -0.05) is 27.7 Å². The van der Waals surface area contributed by atoms with E-state index in [1.54, 1.807) is 0 Å². The first-order valence-corrected chi connectivity index (χ1v) is 8.51. The van der Waals surface area contributed by atoms with Gasteiger partial charge in [0.25, 0.3) is 0 Å². The van der Waals surface area contributed by atoms with Gasteiger partial charge in [0.15, 0.2) is 0 Å². The molecule has 0 fully saturated rings. The Balaban J connectivity index is 3.36. The van der Waals surface area contributed by atoms with Gasteiger partial charge < -0.3 is 24.6 Å². The van der Waals surface area contributed by atoms with Gasteiger partial charge in [-0.25, -0.2) is 0 Å². The molecule has 0 saturated carbocycles. The molecule has 6 nitrogen and oxygen atoms in total. The van der Waals surface area contributed by atoms with E-state index in [0.717, 1.165) is 6.42 Å². The van der Waals surface area contributed by atoms with Gasteiger partial charge in [-0.2, -0.15) is 0 Å². The first-order chi connectivity index (χ1) is 10.9. The van der Waals surface area contributed by atoms with Crippen molar-refractivity contribution in [3.63, 3.8) is 0 Å². The summed E-state index contributed by atoms with van der Waals surface area (Å²) in [5.74, 6) is 0.646. The summed E-state index contributed by atoms with van der Waals surface area (Å²) in [5, 5.41) is 11.4. The number of rotatable bonds is 15. The second kappa shape index (κ2) is 13.7. The van der Waals surface area contributed by atoms with Gasteiger partial charge in [-0.3, -0.25) is 4.79 Å². The van der Waals surface area contributed by atoms with Crippen LogP contribution >= 0.6 is 0 Å². The number of amides is 1. The van der Waals surface area contributed by atoms with Crippen LogP contribution in [0, 0.1) is 11.3 Å². The fourth-order valence-corrected chi connectivity index (χ4v) is 1.68. The number of aliphatic hydroxyl groups is 1. The lowest BCUT2D eigenvalue weighted by Gasteiger charge is -2.28. The van der Waals surface area contributed by atoms with Crippen LogP contribution in [0.4, 0.5) is 0 Å². The lowest BCUT2D eigenvalue weighted by atomic mass is 9.77. The predicted octanol–water partition coefficient (Wildman–Crippen LogP) is 1.61. The molecule has 0 spiro atoms. The summed E-state index contributed by atoms with van der Waals surface area (Å²) in [6, 6.07) is 0. The molecule has 2 N–H and O–H groups in total. The van der Waals surface area contributed by atoms with E-state index >= 15 is 0 Å². The van der Waals surface area contributed by atoms with Crippen molar-refractivity contribution in [2.45, 2.75) is 40.5 Å². The van der Waals surface area contributed by atoms with E-state index in [9.17, 15) is 4.79 Å². The minimum atomic E-state index is 0.0315. The van der Waals surface area contributed by atoms with E-state index in [1.165, 1.54) is 0 Å². The summed E-state index contributed by atoms with van der Waals surface area (Å²) in [4.78, 5) is 11.7. The molecule has 0 radical (unpaired) electrons. The molecule has 0 heterocycles. The van der Waals surface area contributed by atoms with Crippen LogP contribution in [0.2, 0.25) is 0 Å². The van der Waals surface area contributed by atoms with Gasteiger partial charge in [0.05, 0.1) is 46.2 Å². The number of carbonyl (C=O) groups excluding carboxylic acids is 1. The summed E-state index contributed by atoms with van der Waals surface area (Å²) in [5.41, 5.74) is 0.187. The first-order valence-electron chi connectivity index (χ1n) is 8.51. The van der Waals surface area contributed by atoms with Crippen molar-refractivity contribution >= 4 is 5.91 Å². The summed E-state index contributed by atoms with van der Waals surface area (Å²) < 4.78 is 15.7. The van der Waals surface area contributed by atoms with Crippen LogP contribution in [0.25, 0.3) is 0 Å². The van der Waals surface area contributed by atoms with Crippen molar-refractivity contribution in [2.24, 2.45) is 11.3 Å². The van der Waals surface area contributed by atoms with Crippen LogP contribution in [0.5, 0.6) is 0 Å². The van der Waals surface area contributed by atoms with Gasteiger partial charge in [0.1, 0.15) is 0 Å². The van der Waals surface area contributed by atoms with Crippen molar-refractivity contribution < 1.29 is 24.1 Å². The standard InChI is InChI=1S/C17H35NO5/c1-15(2)17(3,4)6-5-16(20)18-7-9-21-11-13-23-14-12-22-10-8-19/h15,19H,5-14H2,1-4H3,(H,18,20). The monoisotopic (exact) mass is 333 g/mol. The maximum Gasteiger partial charge on any atom is 0.220 e. The quantitative estimate of drug-likeness (QED) is 0.445. The highest BCUT2D eigenvalue weighted by molar-refractivity contribution is 5.75. The number of aliphatic hydroxyl groups excluding tert-OH is 1. The number of carbonyl (C=O) groups is 1. The minimum Gasteiger partial charge on any atom is -0.394 e. The maximum atomic E-state index is 11.7. The van der Waals surface area contributed by atoms with Crippen LogP contribution in [0.3, 0.4) is 0 Å². The number of nitrogens with one attached hydrogen (secondary N) is 1. The molecule has 23 heavy (non-hydrogen) atoms. The van der Waals surface area contributed by atoms with Crippen LogP contribution in [-0.2, 0) is 19.0 Å². The van der Waals surface area contributed by atoms with E-state index < -0.39 is 0 Å². The fraction of sp³-hybridized carbons (Fsp3) is 0.941. The predicted molar refractivity (Wildman–Crippen MR) is 90.4 cm³/mol. The van der Waals surface area contributed by atoms with Crippen LogP contribution in [0.1, 0.15) is 40.5 Å². The van der Waals surface area contributed by atoms with E-state index in [2.05, 4.69) is 33.0 Å². The molecule has 0 aromatic carbocycles. The average Bonchev–Trinajstić information content (AvgIpc) is 2.50. The second-order valence-corrected chi connectivity index (χ2v) is 6.55. The molecule has 0 saturated heterocycles. The van der Waals surface area contributed by atoms with E-state index in [0.29, 0.717) is 58.5 Å². The smallest absolute Gasteiger partial charge is 0.220 e. The zero-order chi connectivity index (χ0) is 17.6. The highest BCUT2D eigenvalue weighted by Gasteiger charge is 2.22. The van der Waals surface area contributed by atoms with E-state index in [-0.39, 0.29) is 17.9 Å². The zero-order valence-corrected chi connectivity index (χ0v) is 15.2. The van der Waals surface area contributed by atoms with Gasteiger partial charge in [-0.05, 0) is 17.8 Å². The Labute approximate surface area is 140 Å². The second-order valence-electron chi connectivity index (χ2n) is 6.55. The molecule has 138 valence electrons. The first kappa shape index (κ1) is 22.3. The van der Waals surface area contributed by atoms with E-state index in [1.807, 2.05) is 0 Å². The lowest BCUT2D eigenvalue weighted by Crippen LogP contribution is -2.29.